The van der Waals surface area contributed by atoms with E-state index in [0.717, 1.165) is 52.0 Å². The number of rotatable bonds is 6. The number of guanidine groups is 1. The van der Waals surface area contributed by atoms with Crippen molar-refractivity contribution in [1.82, 2.24) is 15.6 Å². The van der Waals surface area contributed by atoms with Gasteiger partial charge in [0.2, 0.25) is 5.89 Å². The molecule has 24 heavy (non-hydrogen) atoms. The molecule has 1 aromatic heterocycles. The maximum Gasteiger partial charge on any atom is 0.216 e. The Morgan fingerprint density at radius 2 is 2.12 bits per heavy atom. The Kier molecular flexibility index (Phi) is 7.12. The Hall–Kier alpha value is -1.53. The highest BCUT2D eigenvalue weighted by atomic mass is 79.9. The minimum atomic E-state index is 0.408. The molecule has 0 aliphatic carbocycles. The van der Waals surface area contributed by atoms with Crippen molar-refractivity contribution in [3.63, 3.8) is 0 Å². The third-order valence-electron chi connectivity index (χ3n) is 3.48. The molecular weight excluding hydrogens is 392 g/mol. The number of benzene rings is 1. The number of oxazole rings is 1. The van der Waals surface area contributed by atoms with E-state index in [2.05, 4.69) is 36.5 Å². The van der Waals surface area contributed by atoms with Gasteiger partial charge in [0.25, 0.3) is 0 Å². The SMILES string of the molecule is CCNC(=NCc1nc(C)c(C)o1)NCCc1cc(Cl)ccc1Br. The Morgan fingerprint density at radius 3 is 2.79 bits per heavy atom. The van der Waals surface area contributed by atoms with Crippen LogP contribution in [0.5, 0.6) is 0 Å². The van der Waals surface area contributed by atoms with Gasteiger partial charge in [0, 0.05) is 22.6 Å². The largest absolute Gasteiger partial charge is 0.444 e. The Morgan fingerprint density at radius 1 is 1.33 bits per heavy atom. The number of halogens is 2. The molecule has 0 amide bonds. The number of nitrogens with one attached hydrogen (secondary N) is 2. The Balaban J connectivity index is 1.92. The first-order valence-corrected chi connectivity index (χ1v) is 9.05. The zero-order valence-electron chi connectivity index (χ0n) is 14.1. The highest BCUT2D eigenvalue weighted by molar-refractivity contribution is 9.10. The van der Waals surface area contributed by atoms with Crippen LogP contribution in [0.1, 0.15) is 29.8 Å². The lowest BCUT2D eigenvalue weighted by molar-refractivity contribution is 0.473. The van der Waals surface area contributed by atoms with E-state index in [4.69, 9.17) is 16.0 Å². The van der Waals surface area contributed by atoms with Crippen molar-refractivity contribution in [1.29, 1.82) is 0 Å². The molecule has 0 atom stereocenters. The summed E-state index contributed by atoms with van der Waals surface area (Å²) in [6, 6.07) is 5.80. The van der Waals surface area contributed by atoms with Gasteiger partial charge in [0.15, 0.2) is 5.96 Å². The number of aliphatic imine (C=N–C) groups is 1. The van der Waals surface area contributed by atoms with E-state index < -0.39 is 0 Å². The van der Waals surface area contributed by atoms with Crippen LogP contribution >= 0.6 is 27.5 Å². The van der Waals surface area contributed by atoms with Gasteiger partial charge in [-0.3, -0.25) is 0 Å². The van der Waals surface area contributed by atoms with Crippen LogP contribution in [-0.4, -0.2) is 24.0 Å². The maximum atomic E-state index is 6.05. The van der Waals surface area contributed by atoms with Gasteiger partial charge in [0.1, 0.15) is 12.3 Å². The first-order valence-electron chi connectivity index (χ1n) is 7.88. The summed E-state index contributed by atoms with van der Waals surface area (Å²) in [6.45, 7) is 7.81. The van der Waals surface area contributed by atoms with Crippen LogP contribution in [0.3, 0.4) is 0 Å². The topological polar surface area (TPSA) is 62.5 Å². The molecule has 0 saturated carbocycles. The zero-order valence-corrected chi connectivity index (χ0v) is 16.5. The van der Waals surface area contributed by atoms with E-state index in [9.17, 15) is 0 Å². The molecule has 1 heterocycles. The van der Waals surface area contributed by atoms with Crippen LogP contribution in [0.25, 0.3) is 0 Å². The molecule has 2 N–H and O–H groups in total. The van der Waals surface area contributed by atoms with Crippen LogP contribution in [-0.2, 0) is 13.0 Å². The van der Waals surface area contributed by atoms with E-state index in [1.54, 1.807) is 0 Å². The standard InChI is InChI=1S/C17H22BrClN4O/c1-4-20-17(22-10-16-23-11(2)12(3)24-16)21-8-7-13-9-14(19)5-6-15(13)18/h5-6,9H,4,7-8,10H2,1-3H3,(H2,20,21,22). The average molecular weight is 414 g/mol. The van der Waals surface area contributed by atoms with Gasteiger partial charge >= 0.3 is 0 Å². The minimum absolute atomic E-state index is 0.408. The lowest BCUT2D eigenvalue weighted by atomic mass is 10.1. The number of hydrogen-bond acceptors (Lipinski definition) is 3. The van der Waals surface area contributed by atoms with Gasteiger partial charge in [-0.05, 0) is 51.0 Å². The van der Waals surface area contributed by atoms with Crippen LogP contribution in [0.4, 0.5) is 0 Å². The summed E-state index contributed by atoms with van der Waals surface area (Å²) in [7, 11) is 0. The van der Waals surface area contributed by atoms with Crippen molar-refractivity contribution >= 4 is 33.5 Å². The molecule has 0 unspecified atom stereocenters. The summed E-state index contributed by atoms with van der Waals surface area (Å²) in [6.07, 6.45) is 0.836. The summed E-state index contributed by atoms with van der Waals surface area (Å²) in [5.74, 6) is 2.20. The van der Waals surface area contributed by atoms with Gasteiger partial charge in [-0.15, -0.1) is 0 Å². The number of nitrogens with zero attached hydrogens (tertiary/aromatic N) is 2. The van der Waals surface area contributed by atoms with Crippen LogP contribution in [0.15, 0.2) is 32.1 Å². The van der Waals surface area contributed by atoms with E-state index in [0.29, 0.717) is 12.4 Å². The van der Waals surface area contributed by atoms with E-state index >= 15 is 0 Å². The molecule has 2 aromatic rings. The molecule has 0 fully saturated rings. The Bertz CT molecular complexity index is 695. The van der Waals surface area contributed by atoms with Gasteiger partial charge < -0.3 is 15.1 Å². The van der Waals surface area contributed by atoms with E-state index in [1.165, 1.54) is 0 Å². The number of aromatic nitrogens is 1. The second kappa shape index (κ2) is 9.08. The van der Waals surface area contributed by atoms with Gasteiger partial charge in [-0.25, -0.2) is 9.98 Å². The quantitative estimate of drug-likeness (QED) is 0.555. The van der Waals surface area contributed by atoms with Gasteiger partial charge in [-0.2, -0.15) is 0 Å². The van der Waals surface area contributed by atoms with Crippen LogP contribution < -0.4 is 10.6 Å². The molecule has 1 aromatic carbocycles. The summed E-state index contributed by atoms with van der Waals surface area (Å²) >= 11 is 9.59. The van der Waals surface area contributed by atoms with Crippen molar-refractivity contribution in [3.05, 3.63) is 50.6 Å². The molecule has 0 aliphatic rings. The molecule has 7 heteroatoms. The molecular formula is C17H22BrClN4O. The normalized spacial score (nSPS) is 11.6. The lowest BCUT2D eigenvalue weighted by Crippen LogP contribution is -2.38. The fraction of sp³-hybridized carbons (Fsp3) is 0.412. The van der Waals surface area contributed by atoms with Crippen LogP contribution in [0.2, 0.25) is 5.02 Å². The summed E-state index contributed by atoms with van der Waals surface area (Å²) in [4.78, 5) is 8.85. The van der Waals surface area contributed by atoms with Crippen molar-refractivity contribution in [3.8, 4) is 0 Å². The third kappa shape index (κ3) is 5.53. The van der Waals surface area contributed by atoms with E-state index in [-0.39, 0.29) is 0 Å². The molecule has 0 saturated heterocycles. The van der Waals surface area contributed by atoms with Gasteiger partial charge in [-0.1, -0.05) is 27.5 Å². The molecule has 0 spiro atoms. The first kappa shape index (κ1) is 18.8. The van der Waals surface area contributed by atoms with Crippen molar-refractivity contribution < 1.29 is 4.42 Å². The molecule has 0 aliphatic heterocycles. The van der Waals surface area contributed by atoms with E-state index in [1.807, 2.05) is 39.0 Å². The summed E-state index contributed by atoms with van der Waals surface area (Å²) in [5.41, 5.74) is 2.06. The highest BCUT2D eigenvalue weighted by Gasteiger charge is 2.06. The molecule has 0 radical (unpaired) electrons. The molecule has 2 rings (SSSR count). The molecule has 0 bridgehead atoms. The van der Waals surface area contributed by atoms with Crippen LogP contribution in [0, 0.1) is 13.8 Å². The van der Waals surface area contributed by atoms with Crippen molar-refractivity contribution in [2.45, 2.75) is 33.7 Å². The average Bonchev–Trinajstić information content (AvgIpc) is 2.86. The predicted octanol–water partition coefficient (Wildman–Crippen LogP) is 4.01. The minimum Gasteiger partial charge on any atom is -0.444 e. The fourth-order valence-electron chi connectivity index (χ4n) is 2.15. The second-order valence-electron chi connectivity index (χ2n) is 5.36. The van der Waals surface area contributed by atoms with Crippen molar-refractivity contribution in [2.75, 3.05) is 13.1 Å². The smallest absolute Gasteiger partial charge is 0.216 e. The van der Waals surface area contributed by atoms with Crippen molar-refractivity contribution in [2.24, 2.45) is 4.99 Å². The highest BCUT2D eigenvalue weighted by Crippen LogP contribution is 2.21. The Labute approximate surface area is 156 Å². The van der Waals surface area contributed by atoms with Gasteiger partial charge in [0.05, 0.1) is 5.69 Å². The monoisotopic (exact) mass is 412 g/mol. The summed E-state index contributed by atoms with van der Waals surface area (Å²) < 4.78 is 6.61. The lowest BCUT2D eigenvalue weighted by Gasteiger charge is -2.11. The first-order chi connectivity index (χ1) is 11.5. The predicted molar refractivity (Wildman–Crippen MR) is 102 cm³/mol. The fourth-order valence-corrected chi connectivity index (χ4v) is 2.79. The number of hydrogen-bond donors (Lipinski definition) is 2. The maximum absolute atomic E-state index is 6.05. The second-order valence-corrected chi connectivity index (χ2v) is 6.65. The zero-order chi connectivity index (χ0) is 17.5. The third-order valence-corrected chi connectivity index (χ3v) is 4.49. The molecule has 5 nitrogen and oxygen atoms in total. The molecule has 130 valence electrons. The summed E-state index contributed by atoms with van der Waals surface area (Å²) in [5, 5.41) is 7.27. The number of aryl methyl sites for hydroxylation is 2.